The van der Waals surface area contributed by atoms with Gasteiger partial charge in [-0.15, -0.1) is 0 Å². The Balaban J connectivity index is 2.09. The average Bonchev–Trinajstić information content (AvgIpc) is 3.02. The molecule has 1 saturated carbocycles. The maximum atomic E-state index is 5.53. The quantitative estimate of drug-likeness (QED) is 0.784. The Labute approximate surface area is 101 Å². The van der Waals surface area contributed by atoms with Crippen molar-refractivity contribution in [3.63, 3.8) is 0 Å². The first-order valence-corrected chi connectivity index (χ1v) is 5.92. The third-order valence-corrected chi connectivity index (χ3v) is 2.83. The van der Waals surface area contributed by atoms with Crippen molar-refractivity contribution in [2.45, 2.75) is 32.2 Å². The van der Waals surface area contributed by atoms with Crippen LogP contribution in [0.4, 0.5) is 5.95 Å². The predicted molar refractivity (Wildman–Crippen MR) is 68.5 cm³/mol. The summed E-state index contributed by atoms with van der Waals surface area (Å²) < 4.78 is 0. The molecule has 0 saturated heterocycles. The molecule has 1 aromatic rings. The highest BCUT2D eigenvalue weighted by Gasteiger charge is 2.30. The number of anilines is 1. The molecule has 0 aromatic carbocycles. The van der Waals surface area contributed by atoms with Gasteiger partial charge in [-0.05, 0) is 25.8 Å². The number of nitrogens with zero attached hydrogens (tertiary/aromatic N) is 3. The maximum absolute atomic E-state index is 5.53. The second-order valence-electron chi connectivity index (χ2n) is 4.14. The van der Waals surface area contributed by atoms with Gasteiger partial charge in [-0.1, -0.05) is 12.2 Å². The third-order valence-electron chi connectivity index (χ3n) is 2.63. The van der Waals surface area contributed by atoms with Crippen LogP contribution in [-0.4, -0.2) is 27.5 Å². The monoisotopic (exact) mass is 236 g/mol. The Bertz CT molecular complexity index is 389. The van der Waals surface area contributed by atoms with E-state index < -0.39 is 0 Å². The van der Waals surface area contributed by atoms with E-state index in [0.29, 0.717) is 11.0 Å². The summed E-state index contributed by atoms with van der Waals surface area (Å²) in [4.78, 5) is 11.5. The Morgan fingerprint density at radius 2 is 2.38 bits per heavy atom. The van der Waals surface area contributed by atoms with Crippen molar-refractivity contribution in [3.05, 3.63) is 18.0 Å². The van der Waals surface area contributed by atoms with E-state index in [1.54, 1.807) is 6.20 Å². The van der Waals surface area contributed by atoms with Gasteiger partial charge in [-0.25, -0.2) is 9.97 Å². The minimum absolute atomic E-state index is 0.554. The molecule has 1 fully saturated rings. The van der Waals surface area contributed by atoms with Crippen molar-refractivity contribution >= 4 is 23.2 Å². The minimum atomic E-state index is 0.554. The summed E-state index contributed by atoms with van der Waals surface area (Å²) in [5, 5.41) is 0. The zero-order valence-corrected chi connectivity index (χ0v) is 10.2. The van der Waals surface area contributed by atoms with Crippen LogP contribution in [0.3, 0.4) is 0 Å². The van der Waals surface area contributed by atoms with Crippen LogP contribution in [0.15, 0.2) is 12.3 Å². The van der Waals surface area contributed by atoms with Gasteiger partial charge >= 0.3 is 0 Å². The molecule has 4 nitrogen and oxygen atoms in total. The molecule has 0 spiro atoms. The molecule has 0 radical (unpaired) electrons. The van der Waals surface area contributed by atoms with Crippen molar-refractivity contribution in [1.82, 2.24) is 9.97 Å². The summed E-state index contributed by atoms with van der Waals surface area (Å²) in [7, 11) is 0. The van der Waals surface area contributed by atoms with Gasteiger partial charge in [0.05, 0.1) is 4.99 Å². The number of hydrogen-bond acceptors (Lipinski definition) is 4. The first kappa shape index (κ1) is 11.3. The molecule has 1 aromatic heterocycles. The molecule has 0 aliphatic heterocycles. The van der Waals surface area contributed by atoms with Crippen LogP contribution in [0.2, 0.25) is 0 Å². The van der Waals surface area contributed by atoms with Crippen molar-refractivity contribution in [3.8, 4) is 0 Å². The summed E-state index contributed by atoms with van der Waals surface area (Å²) in [5.41, 5.74) is 6.52. The number of rotatable bonds is 5. The van der Waals surface area contributed by atoms with Crippen LogP contribution < -0.4 is 10.6 Å². The van der Waals surface area contributed by atoms with E-state index in [-0.39, 0.29) is 0 Å². The van der Waals surface area contributed by atoms with Gasteiger partial charge in [-0.3, -0.25) is 0 Å². The normalized spacial score (nSPS) is 14.8. The lowest BCUT2D eigenvalue weighted by atomic mass is 10.3. The number of aryl methyl sites for hydroxylation is 1. The van der Waals surface area contributed by atoms with Gasteiger partial charge in [0.25, 0.3) is 0 Å². The van der Waals surface area contributed by atoms with Gasteiger partial charge in [-0.2, -0.15) is 0 Å². The van der Waals surface area contributed by atoms with E-state index in [1.165, 1.54) is 12.8 Å². The molecule has 0 amide bonds. The number of nitrogens with two attached hydrogens (primary N) is 1. The first-order chi connectivity index (χ1) is 7.66. The van der Waals surface area contributed by atoms with Crippen molar-refractivity contribution in [1.29, 1.82) is 0 Å². The van der Waals surface area contributed by atoms with Gasteiger partial charge in [0.15, 0.2) is 0 Å². The van der Waals surface area contributed by atoms with Gasteiger partial charge in [0, 0.05) is 30.9 Å². The minimum Gasteiger partial charge on any atom is -0.393 e. The van der Waals surface area contributed by atoms with Gasteiger partial charge < -0.3 is 10.6 Å². The van der Waals surface area contributed by atoms with Gasteiger partial charge in [0.2, 0.25) is 5.95 Å². The Morgan fingerprint density at radius 1 is 1.62 bits per heavy atom. The van der Waals surface area contributed by atoms with Crippen LogP contribution in [0.1, 0.15) is 25.0 Å². The molecule has 0 unspecified atom stereocenters. The summed E-state index contributed by atoms with van der Waals surface area (Å²) in [6, 6.07) is 2.48. The smallest absolute Gasteiger partial charge is 0.225 e. The highest BCUT2D eigenvalue weighted by molar-refractivity contribution is 7.80. The standard InChI is InChI=1S/C11H16N4S/c1-8-4-6-13-11(14-8)15(9-2-3-9)7-5-10(12)16/h4,6,9H,2-3,5,7H2,1H3,(H2,12,16). The molecule has 5 heteroatoms. The predicted octanol–water partition coefficient (Wildman–Crippen LogP) is 1.43. The van der Waals surface area contributed by atoms with Crippen molar-refractivity contribution < 1.29 is 0 Å². The molecule has 1 aliphatic rings. The van der Waals surface area contributed by atoms with Crippen molar-refractivity contribution in [2.75, 3.05) is 11.4 Å². The Kier molecular flexibility index (Phi) is 3.33. The van der Waals surface area contributed by atoms with E-state index in [9.17, 15) is 0 Å². The molecule has 1 heterocycles. The zero-order chi connectivity index (χ0) is 11.5. The SMILES string of the molecule is Cc1ccnc(N(CCC(N)=S)C2CC2)n1. The number of aromatic nitrogens is 2. The third kappa shape index (κ3) is 2.88. The lowest BCUT2D eigenvalue weighted by molar-refractivity contribution is 0.763. The highest BCUT2D eigenvalue weighted by atomic mass is 32.1. The fourth-order valence-electron chi connectivity index (χ4n) is 1.64. The van der Waals surface area contributed by atoms with E-state index in [2.05, 4.69) is 14.9 Å². The molecule has 0 bridgehead atoms. The second kappa shape index (κ2) is 4.74. The van der Waals surface area contributed by atoms with Crippen LogP contribution in [0.25, 0.3) is 0 Å². The van der Waals surface area contributed by atoms with Crippen LogP contribution in [0, 0.1) is 6.92 Å². The molecule has 1 aliphatic carbocycles. The van der Waals surface area contributed by atoms with E-state index in [4.69, 9.17) is 18.0 Å². The highest BCUT2D eigenvalue weighted by Crippen LogP contribution is 2.29. The maximum Gasteiger partial charge on any atom is 0.225 e. The second-order valence-corrected chi connectivity index (χ2v) is 4.66. The fourth-order valence-corrected chi connectivity index (χ4v) is 1.73. The number of hydrogen-bond donors (Lipinski definition) is 1. The molecule has 0 atom stereocenters. The average molecular weight is 236 g/mol. The van der Waals surface area contributed by atoms with E-state index in [0.717, 1.165) is 24.6 Å². The largest absolute Gasteiger partial charge is 0.393 e. The van der Waals surface area contributed by atoms with Gasteiger partial charge in [0.1, 0.15) is 0 Å². The fraction of sp³-hybridized carbons (Fsp3) is 0.545. The molecule has 2 rings (SSSR count). The summed E-state index contributed by atoms with van der Waals surface area (Å²) in [6.07, 6.45) is 4.96. The topological polar surface area (TPSA) is 55.0 Å². The first-order valence-electron chi connectivity index (χ1n) is 5.51. The molecule has 86 valence electrons. The lowest BCUT2D eigenvalue weighted by Gasteiger charge is -2.22. The number of thiocarbonyl (C=S) groups is 1. The Morgan fingerprint density at radius 3 is 2.94 bits per heavy atom. The lowest BCUT2D eigenvalue weighted by Crippen LogP contribution is -2.31. The molecule has 2 N–H and O–H groups in total. The summed E-state index contributed by atoms with van der Waals surface area (Å²) in [5.74, 6) is 0.804. The molecular formula is C11H16N4S. The van der Waals surface area contributed by atoms with Crippen molar-refractivity contribution in [2.24, 2.45) is 5.73 Å². The van der Waals surface area contributed by atoms with Crippen LogP contribution in [0.5, 0.6) is 0 Å². The van der Waals surface area contributed by atoms with E-state index >= 15 is 0 Å². The summed E-state index contributed by atoms with van der Waals surface area (Å²) in [6.45, 7) is 2.80. The Hall–Kier alpha value is -1.23. The molecular weight excluding hydrogens is 220 g/mol. The zero-order valence-electron chi connectivity index (χ0n) is 9.39. The summed E-state index contributed by atoms with van der Waals surface area (Å²) >= 11 is 4.91. The van der Waals surface area contributed by atoms with E-state index in [1.807, 2.05) is 13.0 Å². The molecule has 16 heavy (non-hydrogen) atoms. The van der Waals surface area contributed by atoms with Crippen LogP contribution in [-0.2, 0) is 0 Å². The van der Waals surface area contributed by atoms with Crippen LogP contribution >= 0.6 is 12.2 Å².